The second-order valence-corrected chi connectivity index (χ2v) is 5.12. The topological polar surface area (TPSA) is 47.6 Å². The van der Waals surface area contributed by atoms with Crippen molar-refractivity contribution in [1.29, 1.82) is 0 Å². The van der Waals surface area contributed by atoms with Gasteiger partial charge in [0, 0.05) is 5.01 Å². The molecule has 0 bridgehead atoms. The normalized spacial score (nSPS) is 13.0. The highest BCUT2D eigenvalue weighted by atomic mass is 16.4. The van der Waals surface area contributed by atoms with Crippen molar-refractivity contribution in [2.24, 2.45) is 0 Å². The molecule has 0 aromatic heterocycles. The van der Waals surface area contributed by atoms with Crippen LogP contribution >= 0.6 is 0 Å². The summed E-state index contributed by atoms with van der Waals surface area (Å²) in [7, 11) is 0. The highest BCUT2D eigenvalue weighted by Crippen LogP contribution is 2.37. The number of hydrogen-bond donors (Lipinski definition) is 1. The Kier molecular flexibility index (Phi) is 4.84. The maximum atomic E-state index is 11.0. The number of aromatic hydroxyl groups is 1. The summed E-state index contributed by atoms with van der Waals surface area (Å²) in [4.78, 5) is 0. The molecular weight excluding hydrogens is 262 g/mol. The van der Waals surface area contributed by atoms with Gasteiger partial charge in [-0.1, -0.05) is 62.2 Å². The summed E-state index contributed by atoms with van der Waals surface area (Å²) in [5.74, 6) is 0.204. The Morgan fingerprint density at radius 3 is 2.24 bits per heavy atom. The lowest BCUT2D eigenvalue weighted by Gasteiger charge is -2.25. The Labute approximate surface area is 125 Å². The lowest BCUT2D eigenvalue weighted by Crippen LogP contribution is -2.25. The number of hydrogen-bond acceptors (Lipinski definition) is 2. The van der Waals surface area contributed by atoms with Crippen molar-refractivity contribution < 1.29 is 5.11 Å². The van der Waals surface area contributed by atoms with E-state index >= 15 is 0 Å². The number of unbranched alkanes of at least 4 members (excludes halogenated alkanes) is 1. The standard InChI is InChI=1S/C18H19NO2/c1-2-3-13-18(14-19-21,15-7-5-4-6-8-15)16-9-11-17(20)12-10-16/h4-12,20H,2-3,13H2,1H3. The molecule has 0 amide bonds. The third kappa shape index (κ3) is 3.17. The van der Waals surface area contributed by atoms with Crippen LogP contribution in [0.3, 0.4) is 0 Å². The van der Waals surface area contributed by atoms with Crippen molar-refractivity contribution >= 4 is 0 Å². The van der Waals surface area contributed by atoms with Gasteiger partial charge in [-0.2, -0.15) is 0 Å². The van der Waals surface area contributed by atoms with Gasteiger partial charge in [0.05, 0.1) is 0 Å². The zero-order valence-corrected chi connectivity index (χ0v) is 12.1. The van der Waals surface area contributed by atoms with E-state index in [1.165, 1.54) is 0 Å². The predicted molar refractivity (Wildman–Crippen MR) is 85.5 cm³/mol. The van der Waals surface area contributed by atoms with Gasteiger partial charge in [-0.05, 0) is 29.7 Å². The van der Waals surface area contributed by atoms with Crippen LogP contribution in [0.5, 0.6) is 5.75 Å². The summed E-state index contributed by atoms with van der Waals surface area (Å²) in [6.07, 6.45) is 2.73. The molecule has 0 fully saturated rings. The molecule has 0 saturated heterocycles. The Morgan fingerprint density at radius 2 is 1.67 bits per heavy atom. The number of rotatable bonds is 5. The molecule has 0 aliphatic rings. The molecule has 0 aliphatic carbocycles. The minimum absolute atomic E-state index is 0.204. The Balaban J connectivity index is 2.59. The summed E-state index contributed by atoms with van der Waals surface area (Å²) in [5, 5.41) is 23.5. The molecule has 2 aromatic rings. The van der Waals surface area contributed by atoms with Gasteiger partial charge in [0.1, 0.15) is 5.75 Å². The van der Waals surface area contributed by atoms with Crippen LogP contribution in [0.25, 0.3) is 5.01 Å². The molecule has 3 nitrogen and oxygen atoms in total. The molecular formula is C18H19NO2. The molecule has 0 radical (unpaired) electrons. The van der Waals surface area contributed by atoms with Crippen LogP contribution in [0.4, 0.5) is 0 Å². The zero-order chi connectivity index (χ0) is 15.1. The van der Waals surface area contributed by atoms with E-state index in [-0.39, 0.29) is 5.75 Å². The van der Waals surface area contributed by atoms with Crippen LogP contribution < -0.4 is 0 Å². The van der Waals surface area contributed by atoms with Gasteiger partial charge in [0.2, 0.25) is 0 Å². The van der Waals surface area contributed by atoms with Gasteiger partial charge in [0.15, 0.2) is 5.41 Å². The Morgan fingerprint density at radius 1 is 1.05 bits per heavy atom. The fraction of sp³-hybridized carbons (Fsp3) is 0.278. The van der Waals surface area contributed by atoms with E-state index in [0.29, 0.717) is 0 Å². The van der Waals surface area contributed by atoms with Crippen molar-refractivity contribution in [3.05, 3.63) is 75.9 Å². The average molecular weight is 281 g/mol. The molecule has 0 aliphatic heterocycles. The highest BCUT2D eigenvalue weighted by Gasteiger charge is 2.38. The molecule has 0 spiro atoms. The van der Waals surface area contributed by atoms with E-state index < -0.39 is 5.41 Å². The summed E-state index contributed by atoms with van der Waals surface area (Å²) in [6.45, 7) is 2.11. The molecule has 3 heteroatoms. The average Bonchev–Trinajstić information content (AvgIpc) is 2.53. The molecule has 1 atom stereocenters. The summed E-state index contributed by atoms with van der Waals surface area (Å²) in [5.41, 5.74) is 1.25. The molecule has 1 N–H and O–H groups in total. The first-order valence-electron chi connectivity index (χ1n) is 7.17. The second-order valence-electron chi connectivity index (χ2n) is 5.12. The van der Waals surface area contributed by atoms with Crippen molar-refractivity contribution in [1.82, 2.24) is 0 Å². The van der Waals surface area contributed by atoms with Gasteiger partial charge in [-0.15, -0.1) is 0 Å². The van der Waals surface area contributed by atoms with E-state index in [1.807, 2.05) is 42.5 Å². The van der Waals surface area contributed by atoms with E-state index in [1.54, 1.807) is 12.1 Å². The zero-order valence-electron chi connectivity index (χ0n) is 12.1. The highest BCUT2D eigenvalue weighted by molar-refractivity contribution is 5.48. The first-order chi connectivity index (χ1) is 10.2. The summed E-state index contributed by atoms with van der Waals surface area (Å²) >= 11 is 0. The van der Waals surface area contributed by atoms with Crippen LogP contribution in [0, 0.1) is 11.3 Å². The van der Waals surface area contributed by atoms with E-state index in [0.717, 1.165) is 30.4 Å². The predicted octanol–water partition coefficient (Wildman–Crippen LogP) is 4.70. The maximum Gasteiger partial charge on any atom is 0.314 e. The largest absolute Gasteiger partial charge is 0.508 e. The minimum Gasteiger partial charge on any atom is -0.508 e. The van der Waals surface area contributed by atoms with Gasteiger partial charge in [0.25, 0.3) is 0 Å². The minimum atomic E-state index is -0.660. The first-order valence-corrected chi connectivity index (χ1v) is 7.17. The SMILES string of the molecule is CCCCC(C#[N+][O-])(c1ccccc1)c1ccc(O)cc1. The molecule has 0 saturated carbocycles. The third-order valence-corrected chi connectivity index (χ3v) is 3.77. The van der Waals surface area contributed by atoms with Crippen LogP contribution in [0.2, 0.25) is 0 Å². The van der Waals surface area contributed by atoms with Crippen LogP contribution in [-0.4, -0.2) is 5.11 Å². The number of nitrogens with zero attached hydrogens (tertiary/aromatic N) is 1. The van der Waals surface area contributed by atoms with Crippen molar-refractivity contribution in [3.8, 4) is 11.8 Å². The first kappa shape index (κ1) is 14.9. The van der Waals surface area contributed by atoms with E-state index in [9.17, 15) is 10.3 Å². The summed E-state index contributed by atoms with van der Waals surface area (Å²) in [6, 6.07) is 19.5. The molecule has 1 unspecified atom stereocenters. The quantitative estimate of drug-likeness (QED) is 0.807. The van der Waals surface area contributed by atoms with Gasteiger partial charge in [-0.25, -0.2) is 0 Å². The molecule has 108 valence electrons. The molecule has 2 rings (SSSR count). The van der Waals surface area contributed by atoms with E-state index in [4.69, 9.17) is 0 Å². The number of phenols is 1. The maximum absolute atomic E-state index is 11.0. The molecule has 21 heavy (non-hydrogen) atoms. The Bertz CT molecular complexity index is 626. The lowest BCUT2D eigenvalue weighted by molar-refractivity contribution is 0.474. The molecule has 0 heterocycles. The number of benzene rings is 2. The second kappa shape index (κ2) is 6.81. The van der Waals surface area contributed by atoms with Gasteiger partial charge < -0.3 is 10.3 Å². The van der Waals surface area contributed by atoms with Crippen LogP contribution in [0.1, 0.15) is 37.3 Å². The fourth-order valence-corrected chi connectivity index (χ4v) is 2.63. The van der Waals surface area contributed by atoms with Crippen molar-refractivity contribution in [3.63, 3.8) is 0 Å². The monoisotopic (exact) mass is 281 g/mol. The summed E-state index contributed by atoms with van der Waals surface area (Å²) < 4.78 is 0. The van der Waals surface area contributed by atoms with Crippen molar-refractivity contribution in [2.75, 3.05) is 0 Å². The van der Waals surface area contributed by atoms with E-state index in [2.05, 4.69) is 18.0 Å². The van der Waals surface area contributed by atoms with Crippen molar-refractivity contribution in [2.45, 2.75) is 31.6 Å². The van der Waals surface area contributed by atoms with Crippen LogP contribution in [-0.2, 0) is 5.41 Å². The fourth-order valence-electron chi connectivity index (χ4n) is 2.63. The van der Waals surface area contributed by atoms with Crippen LogP contribution in [0.15, 0.2) is 54.6 Å². The Hall–Kier alpha value is -2.47. The lowest BCUT2D eigenvalue weighted by atomic mass is 9.72. The van der Waals surface area contributed by atoms with Gasteiger partial charge >= 0.3 is 6.07 Å². The van der Waals surface area contributed by atoms with Gasteiger partial charge in [-0.3, -0.25) is 0 Å². The third-order valence-electron chi connectivity index (χ3n) is 3.77. The molecule has 2 aromatic carbocycles. The smallest absolute Gasteiger partial charge is 0.314 e. The number of phenolic OH excluding ortho intramolecular Hbond substituents is 1.